The van der Waals surface area contributed by atoms with E-state index < -0.39 is 6.04 Å². The van der Waals surface area contributed by atoms with Crippen molar-refractivity contribution in [2.24, 2.45) is 0 Å². The lowest BCUT2D eigenvalue weighted by Crippen LogP contribution is -2.42. The predicted octanol–water partition coefficient (Wildman–Crippen LogP) is 3.34. The number of likely N-dealkylation sites (tertiary alicyclic amines) is 1. The Morgan fingerprint density at radius 3 is 2.50 bits per heavy atom. The third-order valence-electron chi connectivity index (χ3n) is 3.78. The number of carbonyl (C=O) groups excluding carboxylic acids is 1. The van der Waals surface area contributed by atoms with Crippen molar-refractivity contribution in [2.45, 2.75) is 45.6 Å². The van der Waals surface area contributed by atoms with Crippen molar-refractivity contribution < 1.29 is 9.18 Å². The van der Waals surface area contributed by atoms with Crippen molar-refractivity contribution in [3.63, 3.8) is 0 Å². The predicted molar refractivity (Wildman–Crippen MR) is 79.3 cm³/mol. The van der Waals surface area contributed by atoms with Gasteiger partial charge in [0.25, 0.3) is 0 Å². The summed E-state index contributed by atoms with van der Waals surface area (Å²) < 4.78 is 13.8. The van der Waals surface area contributed by atoms with Gasteiger partial charge in [-0.05, 0) is 44.4 Å². The number of nitrogens with zero attached hydrogens (tertiary/aromatic N) is 1. The topological polar surface area (TPSA) is 32.3 Å². The Balaban J connectivity index is 1.99. The van der Waals surface area contributed by atoms with Crippen LogP contribution in [0.25, 0.3) is 0 Å². The van der Waals surface area contributed by atoms with E-state index in [9.17, 15) is 9.18 Å². The molecule has 0 radical (unpaired) electrons. The van der Waals surface area contributed by atoms with Crippen LogP contribution >= 0.6 is 0 Å². The smallest absolute Gasteiger partial charge is 0.244 e. The van der Waals surface area contributed by atoms with E-state index in [2.05, 4.69) is 5.32 Å². The molecule has 1 N–H and O–H groups in total. The molecule has 1 saturated heterocycles. The number of benzene rings is 1. The molecule has 1 unspecified atom stereocenters. The highest BCUT2D eigenvalue weighted by molar-refractivity contribution is 5.84. The van der Waals surface area contributed by atoms with Crippen LogP contribution in [0.1, 0.15) is 38.2 Å². The highest BCUT2D eigenvalue weighted by Crippen LogP contribution is 2.17. The summed E-state index contributed by atoms with van der Waals surface area (Å²) in [4.78, 5) is 14.3. The summed E-state index contributed by atoms with van der Waals surface area (Å²) in [6.45, 7) is 5.29. The molecule has 1 aromatic carbocycles. The van der Waals surface area contributed by atoms with E-state index in [1.165, 1.54) is 18.9 Å². The zero-order chi connectivity index (χ0) is 14.5. The summed E-state index contributed by atoms with van der Waals surface area (Å²) >= 11 is 0. The first-order valence-electron chi connectivity index (χ1n) is 7.39. The van der Waals surface area contributed by atoms with Crippen molar-refractivity contribution >= 4 is 11.6 Å². The molecule has 1 atom stereocenters. The lowest BCUT2D eigenvalue weighted by Gasteiger charge is -2.25. The van der Waals surface area contributed by atoms with Crippen molar-refractivity contribution in [1.29, 1.82) is 0 Å². The molecule has 1 fully saturated rings. The molecule has 1 aliphatic heterocycles. The molecule has 4 heteroatoms. The number of hydrogen-bond acceptors (Lipinski definition) is 2. The Morgan fingerprint density at radius 1 is 1.25 bits per heavy atom. The molecule has 20 heavy (non-hydrogen) atoms. The zero-order valence-corrected chi connectivity index (χ0v) is 12.3. The minimum Gasteiger partial charge on any atom is -0.372 e. The van der Waals surface area contributed by atoms with E-state index in [0.29, 0.717) is 5.69 Å². The van der Waals surface area contributed by atoms with Gasteiger partial charge in [-0.15, -0.1) is 0 Å². The van der Waals surface area contributed by atoms with Crippen LogP contribution < -0.4 is 5.32 Å². The van der Waals surface area contributed by atoms with Crippen LogP contribution in [-0.4, -0.2) is 29.9 Å². The Bertz CT molecular complexity index is 468. The number of amides is 1. The van der Waals surface area contributed by atoms with Gasteiger partial charge in [0.1, 0.15) is 11.9 Å². The molecule has 1 amide bonds. The van der Waals surface area contributed by atoms with E-state index in [1.807, 2.05) is 17.9 Å². The molecule has 0 aliphatic carbocycles. The van der Waals surface area contributed by atoms with Crippen molar-refractivity contribution in [3.8, 4) is 0 Å². The van der Waals surface area contributed by atoms with Crippen molar-refractivity contribution in [1.82, 2.24) is 4.90 Å². The minimum atomic E-state index is -0.398. The van der Waals surface area contributed by atoms with Gasteiger partial charge in [0.2, 0.25) is 5.91 Å². The van der Waals surface area contributed by atoms with Gasteiger partial charge in [-0.2, -0.15) is 0 Å². The van der Waals surface area contributed by atoms with Crippen LogP contribution in [0.15, 0.2) is 18.2 Å². The number of carbonyl (C=O) groups is 1. The SMILES string of the molecule is Cc1ccc(NC(C)C(=O)N2CCCCCC2)c(F)c1. The first-order chi connectivity index (χ1) is 9.58. The highest BCUT2D eigenvalue weighted by Gasteiger charge is 2.21. The van der Waals surface area contributed by atoms with Gasteiger partial charge in [-0.25, -0.2) is 4.39 Å². The lowest BCUT2D eigenvalue weighted by molar-refractivity contribution is -0.131. The average Bonchev–Trinajstić information content (AvgIpc) is 2.70. The second-order valence-electron chi connectivity index (χ2n) is 5.59. The van der Waals surface area contributed by atoms with E-state index in [-0.39, 0.29) is 11.7 Å². The molecular formula is C16H23FN2O. The fourth-order valence-electron chi connectivity index (χ4n) is 2.60. The fraction of sp³-hybridized carbons (Fsp3) is 0.562. The maximum Gasteiger partial charge on any atom is 0.244 e. The van der Waals surface area contributed by atoms with Crippen LogP contribution in [0.5, 0.6) is 0 Å². The molecule has 0 spiro atoms. The molecule has 110 valence electrons. The number of hydrogen-bond donors (Lipinski definition) is 1. The fourth-order valence-corrected chi connectivity index (χ4v) is 2.60. The molecule has 1 heterocycles. The molecule has 1 aliphatic rings. The van der Waals surface area contributed by atoms with Gasteiger partial charge in [-0.3, -0.25) is 4.79 Å². The maximum absolute atomic E-state index is 13.8. The molecule has 0 saturated carbocycles. The van der Waals surface area contributed by atoms with Gasteiger partial charge in [0.15, 0.2) is 0 Å². The summed E-state index contributed by atoms with van der Waals surface area (Å²) in [5.74, 6) is -0.243. The number of halogens is 1. The maximum atomic E-state index is 13.8. The molecule has 2 rings (SSSR count). The minimum absolute atomic E-state index is 0.0619. The second-order valence-corrected chi connectivity index (χ2v) is 5.59. The average molecular weight is 278 g/mol. The summed E-state index contributed by atoms with van der Waals surface area (Å²) in [5, 5.41) is 2.99. The van der Waals surface area contributed by atoms with Gasteiger partial charge in [-0.1, -0.05) is 18.9 Å². The van der Waals surface area contributed by atoms with E-state index in [0.717, 1.165) is 31.5 Å². The van der Waals surface area contributed by atoms with Crippen LogP contribution in [-0.2, 0) is 4.79 Å². The molecule has 0 aromatic heterocycles. The Labute approximate surface area is 120 Å². The first-order valence-corrected chi connectivity index (χ1v) is 7.39. The van der Waals surface area contributed by atoms with Gasteiger partial charge in [0, 0.05) is 13.1 Å². The van der Waals surface area contributed by atoms with Gasteiger partial charge < -0.3 is 10.2 Å². The van der Waals surface area contributed by atoms with Crippen LogP contribution in [0, 0.1) is 12.7 Å². The number of rotatable bonds is 3. The third-order valence-corrected chi connectivity index (χ3v) is 3.78. The highest BCUT2D eigenvalue weighted by atomic mass is 19.1. The normalized spacial score (nSPS) is 17.4. The largest absolute Gasteiger partial charge is 0.372 e. The van der Waals surface area contributed by atoms with Gasteiger partial charge >= 0.3 is 0 Å². The summed E-state index contributed by atoms with van der Waals surface area (Å²) in [7, 11) is 0. The van der Waals surface area contributed by atoms with E-state index in [1.54, 1.807) is 13.0 Å². The lowest BCUT2D eigenvalue weighted by atomic mass is 10.2. The van der Waals surface area contributed by atoms with Crippen LogP contribution in [0.4, 0.5) is 10.1 Å². The van der Waals surface area contributed by atoms with Crippen molar-refractivity contribution in [2.75, 3.05) is 18.4 Å². The second kappa shape index (κ2) is 6.73. The third kappa shape index (κ3) is 3.71. The van der Waals surface area contributed by atoms with Crippen LogP contribution in [0.2, 0.25) is 0 Å². The molecule has 3 nitrogen and oxygen atoms in total. The number of anilines is 1. The molecule has 1 aromatic rings. The van der Waals surface area contributed by atoms with Gasteiger partial charge in [0.05, 0.1) is 5.69 Å². The standard InChI is InChI=1S/C16H23FN2O/c1-12-7-8-15(14(17)11-12)18-13(2)16(20)19-9-5-3-4-6-10-19/h7-8,11,13,18H,3-6,9-10H2,1-2H3. The van der Waals surface area contributed by atoms with Crippen LogP contribution in [0.3, 0.4) is 0 Å². The summed E-state index contributed by atoms with van der Waals surface area (Å²) in [6.07, 6.45) is 4.52. The quantitative estimate of drug-likeness (QED) is 0.919. The monoisotopic (exact) mass is 278 g/mol. The number of aryl methyl sites for hydroxylation is 1. The first kappa shape index (κ1) is 14.8. The Hall–Kier alpha value is -1.58. The molecule has 0 bridgehead atoms. The van der Waals surface area contributed by atoms with E-state index in [4.69, 9.17) is 0 Å². The van der Waals surface area contributed by atoms with Crippen molar-refractivity contribution in [3.05, 3.63) is 29.6 Å². The Kier molecular flexibility index (Phi) is 4.99. The van der Waals surface area contributed by atoms with E-state index >= 15 is 0 Å². The zero-order valence-electron chi connectivity index (χ0n) is 12.3. The summed E-state index contributed by atoms with van der Waals surface area (Å²) in [6, 6.07) is 4.61. The number of nitrogens with one attached hydrogen (secondary N) is 1. The summed E-state index contributed by atoms with van der Waals surface area (Å²) in [5.41, 5.74) is 1.27. The Morgan fingerprint density at radius 2 is 1.90 bits per heavy atom. The molecular weight excluding hydrogens is 255 g/mol.